The lowest BCUT2D eigenvalue weighted by atomic mass is 10.2. The number of halogens is 1. The van der Waals surface area contributed by atoms with E-state index in [1.54, 1.807) is 30.5 Å². The van der Waals surface area contributed by atoms with Gasteiger partial charge in [0.15, 0.2) is 0 Å². The second-order valence-corrected chi connectivity index (χ2v) is 5.61. The van der Waals surface area contributed by atoms with E-state index in [-0.39, 0.29) is 5.91 Å². The second kappa shape index (κ2) is 6.23. The van der Waals surface area contributed by atoms with E-state index in [1.165, 1.54) is 18.5 Å². The summed E-state index contributed by atoms with van der Waals surface area (Å²) in [5, 5.41) is 17.9. The van der Waals surface area contributed by atoms with E-state index in [0.717, 1.165) is 11.3 Å². The Hall–Kier alpha value is -3.03. The van der Waals surface area contributed by atoms with Crippen LogP contribution in [-0.2, 0) is 4.79 Å². The molecule has 0 aliphatic heterocycles. The number of carbonyl (C=O) groups is 1. The highest BCUT2D eigenvalue weighted by Gasteiger charge is 2.16. The van der Waals surface area contributed by atoms with Crippen molar-refractivity contribution in [2.24, 2.45) is 0 Å². The molecule has 0 saturated heterocycles. The minimum Gasteiger partial charge on any atom is -0.371 e. The Morgan fingerprint density at radius 3 is 2.83 bits per heavy atom. The monoisotopic (exact) mass is 328 g/mol. The molecule has 0 bridgehead atoms. The maximum Gasteiger partial charge on any atom is 0.246 e. The molecule has 0 aliphatic rings. The van der Waals surface area contributed by atoms with E-state index in [1.807, 2.05) is 6.92 Å². The fourth-order valence-electron chi connectivity index (χ4n) is 2.33. The third-order valence-electron chi connectivity index (χ3n) is 3.61. The fraction of sp³-hybridized carbons (Fsp3) is 0.250. The highest BCUT2D eigenvalue weighted by Crippen LogP contribution is 2.18. The van der Waals surface area contributed by atoms with Gasteiger partial charge in [0.25, 0.3) is 0 Å². The van der Waals surface area contributed by atoms with Crippen molar-refractivity contribution in [3.8, 4) is 0 Å². The molecule has 1 unspecified atom stereocenters. The summed E-state index contributed by atoms with van der Waals surface area (Å²) < 4.78 is 14.9. The van der Waals surface area contributed by atoms with Gasteiger partial charge in [0.05, 0.1) is 11.4 Å². The summed E-state index contributed by atoms with van der Waals surface area (Å²) in [4.78, 5) is 12.4. The Morgan fingerprint density at radius 2 is 2.04 bits per heavy atom. The topological polar surface area (TPSA) is 84.2 Å². The lowest BCUT2D eigenvalue weighted by Crippen LogP contribution is -2.32. The number of hydrogen-bond donors (Lipinski definition) is 2. The normalized spacial score (nSPS) is 12.2. The van der Waals surface area contributed by atoms with Crippen LogP contribution in [0.1, 0.15) is 18.2 Å². The molecule has 1 aromatic carbocycles. The van der Waals surface area contributed by atoms with Gasteiger partial charge in [0.2, 0.25) is 11.6 Å². The van der Waals surface area contributed by atoms with Gasteiger partial charge in [-0.1, -0.05) is 6.07 Å². The van der Waals surface area contributed by atoms with E-state index in [0.29, 0.717) is 17.0 Å². The van der Waals surface area contributed by atoms with Crippen molar-refractivity contribution in [1.29, 1.82) is 0 Å². The quantitative estimate of drug-likeness (QED) is 0.768. The lowest BCUT2D eigenvalue weighted by Gasteiger charge is -2.16. The first-order chi connectivity index (χ1) is 11.4. The smallest absolute Gasteiger partial charge is 0.246 e. The molecule has 0 aliphatic carbocycles. The summed E-state index contributed by atoms with van der Waals surface area (Å²) in [5.74, 6) is -0.678. The van der Waals surface area contributed by atoms with Gasteiger partial charge in [-0.25, -0.2) is 4.39 Å². The first-order valence-electron chi connectivity index (χ1n) is 7.45. The largest absolute Gasteiger partial charge is 0.371 e. The third kappa shape index (κ3) is 3.17. The summed E-state index contributed by atoms with van der Waals surface area (Å²) >= 11 is 0. The van der Waals surface area contributed by atoms with Crippen molar-refractivity contribution in [3.63, 3.8) is 0 Å². The van der Waals surface area contributed by atoms with Crippen molar-refractivity contribution in [2.75, 3.05) is 10.6 Å². The number of nitrogens with zero attached hydrogens (tertiary/aromatic N) is 4. The molecule has 0 fully saturated rings. The van der Waals surface area contributed by atoms with Crippen LogP contribution < -0.4 is 10.6 Å². The molecule has 8 heteroatoms. The maximum atomic E-state index is 13.3. The highest BCUT2D eigenvalue weighted by atomic mass is 19.1. The summed E-state index contributed by atoms with van der Waals surface area (Å²) in [7, 11) is 0. The standard InChI is InChI=1S/C16H17FN6O/c1-9-4-5-12(17)7-13(9)20-16(24)11(3)19-14-6-10(2)22-23-8-18-21-15(14)23/h4-8,11,19H,1-3H3,(H,20,24). The number of hydrogen-bond acceptors (Lipinski definition) is 5. The molecule has 0 radical (unpaired) electrons. The number of amides is 1. The zero-order chi connectivity index (χ0) is 17.3. The van der Waals surface area contributed by atoms with Gasteiger partial charge in [0.1, 0.15) is 18.2 Å². The van der Waals surface area contributed by atoms with E-state index >= 15 is 0 Å². The Morgan fingerprint density at radius 1 is 1.25 bits per heavy atom. The van der Waals surface area contributed by atoms with Gasteiger partial charge in [-0.2, -0.15) is 9.61 Å². The minimum atomic E-state index is -0.560. The summed E-state index contributed by atoms with van der Waals surface area (Å²) in [5.41, 5.74) is 3.18. The van der Waals surface area contributed by atoms with Gasteiger partial charge in [0, 0.05) is 5.69 Å². The van der Waals surface area contributed by atoms with Crippen LogP contribution in [0.3, 0.4) is 0 Å². The van der Waals surface area contributed by atoms with Crippen LogP contribution in [0, 0.1) is 19.7 Å². The Kier molecular flexibility index (Phi) is 4.11. The van der Waals surface area contributed by atoms with Gasteiger partial charge in [-0.15, -0.1) is 10.2 Å². The van der Waals surface area contributed by atoms with Crippen molar-refractivity contribution in [3.05, 3.63) is 47.7 Å². The van der Waals surface area contributed by atoms with Crippen LogP contribution in [0.4, 0.5) is 15.8 Å². The van der Waals surface area contributed by atoms with E-state index in [2.05, 4.69) is 25.9 Å². The summed E-state index contributed by atoms with van der Waals surface area (Å²) in [6.45, 7) is 5.36. The number of rotatable bonds is 4. The maximum absolute atomic E-state index is 13.3. The van der Waals surface area contributed by atoms with Crippen LogP contribution in [-0.4, -0.2) is 31.8 Å². The molecule has 1 atom stereocenters. The molecule has 2 aromatic heterocycles. The van der Waals surface area contributed by atoms with Crippen molar-refractivity contribution in [1.82, 2.24) is 19.8 Å². The first-order valence-corrected chi connectivity index (χ1v) is 7.45. The number of nitrogens with one attached hydrogen (secondary N) is 2. The van der Waals surface area contributed by atoms with E-state index in [4.69, 9.17) is 0 Å². The fourth-order valence-corrected chi connectivity index (χ4v) is 2.33. The molecule has 1 amide bonds. The molecule has 124 valence electrons. The molecular formula is C16H17FN6O. The SMILES string of the molecule is Cc1cc(NC(C)C(=O)Nc2cc(F)ccc2C)c2nncn2n1. The van der Waals surface area contributed by atoms with E-state index < -0.39 is 11.9 Å². The summed E-state index contributed by atoms with van der Waals surface area (Å²) in [6.07, 6.45) is 1.49. The van der Waals surface area contributed by atoms with Crippen LogP contribution in [0.2, 0.25) is 0 Å². The zero-order valence-electron chi connectivity index (χ0n) is 13.5. The number of anilines is 2. The molecule has 2 heterocycles. The molecular weight excluding hydrogens is 311 g/mol. The highest BCUT2D eigenvalue weighted by molar-refractivity contribution is 5.97. The predicted octanol–water partition coefficient (Wildman–Crippen LogP) is 2.32. The molecule has 3 aromatic rings. The molecule has 24 heavy (non-hydrogen) atoms. The Balaban J connectivity index is 1.78. The van der Waals surface area contributed by atoms with Crippen molar-refractivity contribution >= 4 is 22.9 Å². The van der Waals surface area contributed by atoms with Crippen LogP contribution in [0.25, 0.3) is 5.65 Å². The Bertz CT molecular complexity index is 907. The number of fused-ring (bicyclic) bond motifs is 1. The van der Waals surface area contributed by atoms with E-state index in [9.17, 15) is 9.18 Å². The molecule has 0 saturated carbocycles. The average Bonchev–Trinajstić information content (AvgIpc) is 2.99. The molecule has 2 N–H and O–H groups in total. The summed E-state index contributed by atoms with van der Waals surface area (Å²) in [6, 6.07) is 5.51. The average molecular weight is 328 g/mol. The number of aryl methyl sites for hydroxylation is 2. The van der Waals surface area contributed by atoms with Crippen molar-refractivity contribution < 1.29 is 9.18 Å². The number of carbonyl (C=O) groups excluding carboxylic acids is 1. The molecule has 3 rings (SSSR count). The van der Waals surface area contributed by atoms with Crippen LogP contribution >= 0.6 is 0 Å². The van der Waals surface area contributed by atoms with Gasteiger partial charge in [-0.3, -0.25) is 4.79 Å². The van der Waals surface area contributed by atoms with Gasteiger partial charge >= 0.3 is 0 Å². The molecule has 0 spiro atoms. The van der Waals surface area contributed by atoms with Crippen LogP contribution in [0.15, 0.2) is 30.6 Å². The lowest BCUT2D eigenvalue weighted by molar-refractivity contribution is -0.116. The Labute approximate surface area is 137 Å². The van der Waals surface area contributed by atoms with Gasteiger partial charge < -0.3 is 10.6 Å². The minimum absolute atomic E-state index is 0.282. The van der Waals surface area contributed by atoms with Gasteiger partial charge in [-0.05, 0) is 44.5 Å². The zero-order valence-corrected chi connectivity index (χ0v) is 13.5. The van der Waals surface area contributed by atoms with Crippen LogP contribution in [0.5, 0.6) is 0 Å². The predicted molar refractivity (Wildman–Crippen MR) is 88.4 cm³/mol. The van der Waals surface area contributed by atoms with Crippen molar-refractivity contribution in [2.45, 2.75) is 26.8 Å². The first kappa shape index (κ1) is 15.9. The molecule has 7 nitrogen and oxygen atoms in total. The third-order valence-corrected chi connectivity index (χ3v) is 3.61. The number of benzene rings is 1. The second-order valence-electron chi connectivity index (χ2n) is 5.61. The number of aromatic nitrogens is 4.